The van der Waals surface area contributed by atoms with Crippen molar-refractivity contribution in [1.29, 1.82) is 0 Å². The van der Waals surface area contributed by atoms with Gasteiger partial charge in [0.1, 0.15) is 5.82 Å². The highest BCUT2D eigenvalue weighted by molar-refractivity contribution is 7.14. The minimum atomic E-state index is -0.457. The van der Waals surface area contributed by atoms with Crippen molar-refractivity contribution in [3.05, 3.63) is 35.5 Å². The van der Waals surface area contributed by atoms with Gasteiger partial charge >= 0.3 is 0 Å². The van der Waals surface area contributed by atoms with E-state index >= 15 is 0 Å². The maximum atomic E-state index is 12.8. The van der Waals surface area contributed by atoms with Crippen molar-refractivity contribution >= 4 is 22.4 Å². The van der Waals surface area contributed by atoms with E-state index in [-0.39, 0.29) is 11.7 Å². The summed E-state index contributed by atoms with van der Waals surface area (Å²) in [6, 6.07) is 6.11. The number of carbonyl (C=O) groups is 1. The molecule has 100 valence electrons. The summed E-state index contributed by atoms with van der Waals surface area (Å²) in [4.78, 5) is 16.2. The second-order valence-corrected chi connectivity index (χ2v) is 6.11. The molecule has 0 saturated heterocycles. The molecule has 19 heavy (non-hydrogen) atoms. The molecule has 1 heterocycles. The summed E-state index contributed by atoms with van der Waals surface area (Å²) < 4.78 is 12.8. The number of anilines is 1. The van der Waals surface area contributed by atoms with Crippen molar-refractivity contribution in [2.45, 2.75) is 20.8 Å². The fourth-order valence-electron chi connectivity index (χ4n) is 1.37. The van der Waals surface area contributed by atoms with Gasteiger partial charge < -0.3 is 5.32 Å². The summed E-state index contributed by atoms with van der Waals surface area (Å²) in [5, 5.41) is 5.17. The molecule has 0 saturated carbocycles. The van der Waals surface area contributed by atoms with Crippen molar-refractivity contribution in [2.24, 2.45) is 5.41 Å². The normalized spacial score (nSPS) is 11.4. The number of aromatic nitrogens is 1. The lowest BCUT2D eigenvalue weighted by atomic mass is 9.96. The minimum Gasteiger partial charge on any atom is -0.302 e. The van der Waals surface area contributed by atoms with Gasteiger partial charge in [0.05, 0.1) is 5.69 Å². The fourth-order valence-corrected chi connectivity index (χ4v) is 2.08. The molecule has 1 N–H and O–H groups in total. The van der Waals surface area contributed by atoms with Crippen LogP contribution in [0.5, 0.6) is 0 Å². The number of hydrogen-bond acceptors (Lipinski definition) is 3. The Kier molecular flexibility index (Phi) is 3.66. The van der Waals surface area contributed by atoms with E-state index in [0.717, 1.165) is 11.3 Å². The van der Waals surface area contributed by atoms with E-state index in [1.165, 1.54) is 23.5 Å². The lowest BCUT2D eigenvalue weighted by Gasteiger charge is -2.15. The van der Waals surface area contributed by atoms with Gasteiger partial charge in [-0.15, -0.1) is 11.3 Å². The number of thiazole rings is 1. The number of nitrogens with zero attached hydrogens (tertiary/aromatic N) is 1. The van der Waals surface area contributed by atoms with Gasteiger partial charge in [0, 0.05) is 16.4 Å². The highest BCUT2D eigenvalue weighted by Gasteiger charge is 2.22. The topological polar surface area (TPSA) is 42.0 Å². The maximum absolute atomic E-state index is 12.8. The van der Waals surface area contributed by atoms with Crippen LogP contribution in [0.2, 0.25) is 0 Å². The maximum Gasteiger partial charge on any atom is 0.231 e. The van der Waals surface area contributed by atoms with Gasteiger partial charge in [-0.2, -0.15) is 0 Å². The number of amides is 1. The molecular formula is C14H15FN2OS. The van der Waals surface area contributed by atoms with Crippen LogP contribution in [0.3, 0.4) is 0 Å². The number of nitrogens with one attached hydrogen (secondary N) is 1. The summed E-state index contributed by atoms with van der Waals surface area (Å²) in [7, 11) is 0. The third-order valence-corrected chi connectivity index (χ3v) is 3.30. The summed E-state index contributed by atoms with van der Waals surface area (Å²) in [5.74, 6) is -0.354. The van der Waals surface area contributed by atoms with E-state index in [4.69, 9.17) is 0 Å². The summed E-state index contributed by atoms with van der Waals surface area (Å²) in [6.07, 6.45) is 0. The second-order valence-electron chi connectivity index (χ2n) is 5.25. The summed E-state index contributed by atoms with van der Waals surface area (Å²) >= 11 is 1.36. The number of benzene rings is 1. The Labute approximate surface area is 115 Å². The molecule has 2 aromatic rings. The lowest BCUT2D eigenvalue weighted by Crippen LogP contribution is -2.27. The molecule has 0 bridgehead atoms. The summed E-state index contributed by atoms with van der Waals surface area (Å²) in [5.41, 5.74) is 1.10. The van der Waals surface area contributed by atoms with E-state index in [1.807, 2.05) is 26.2 Å². The highest BCUT2D eigenvalue weighted by Crippen LogP contribution is 2.26. The molecule has 1 aromatic carbocycles. The van der Waals surface area contributed by atoms with E-state index < -0.39 is 5.41 Å². The van der Waals surface area contributed by atoms with Crippen LogP contribution in [0.15, 0.2) is 29.6 Å². The third kappa shape index (κ3) is 3.38. The van der Waals surface area contributed by atoms with Crippen LogP contribution in [0.1, 0.15) is 20.8 Å². The Hall–Kier alpha value is -1.75. The van der Waals surface area contributed by atoms with Crippen molar-refractivity contribution < 1.29 is 9.18 Å². The fraction of sp³-hybridized carbons (Fsp3) is 0.286. The van der Waals surface area contributed by atoms with Gasteiger partial charge in [0.25, 0.3) is 0 Å². The highest BCUT2D eigenvalue weighted by atomic mass is 32.1. The predicted molar refractivity (Wildman–Crippen MR) is 75.6 cm³/mol. The van der Waals surface area contributed by atoms with Gasteiger partial charge in [0.2, 0.25) is 5.91 Å². The van der Waals surface area contributed by atoms with Gasteiger partial charge in [-0.05, 0) is 24.3 Å². The average molecular weight is 278 g/mol. The largest absolute Gasteiger partial charge is 0.302 e. The molecule has 0 fully saturated rings. The van der Waals surface area contributed by atoms with Crippen LogP contribution in [0.25, 0.3) is 11.3 Å². The Balaban J connectivity index is 2.16. The van der Waals surface area contributed by atoms with Crippen molar-refractivity contribution in [2.75, 3.05) is 5.32 Å². The second kappa shape index (κ2) is 5.09. The average Bonchev–Trinajstić information content (AvgIpc) is 2.77. The van der Waals surface area contributed by atoms with Crippen LogP contribution >= 0.6 is 11.3 Å². The molecule has 0 aliphatic carbocycles. The van der Waals surface area contributed by atoms with Crippen molar-refractivity contribution in [3.63, 3.8) is 0 Å². The number of halogens is 1. The van der Waals surface area contributed by atoms with Gasteiger partial charge in [-0.1, -0.05) is 20.8 Å². The lowest BCUT2D eigenvalue weighted by molar-refractivity contribution is -0.123. The first kappa shape index (κ1) is 13.7. The third-order valence-electron chi connectivity index (χ3n) is 2.55. The Morgan fingerprint density at radius 2 is 1.89 bits per heavy atom. The van der Waals surface area contributed by atoms with Crippen LogP contribution in [0, 0.1) is 11.2 Å². The SMILES string of the molecule is CC(C)(C)C(=O)Nc1nc(-c2ccc(F)cc2)cs1. The molecule has 1 aromatic heterocycles. The standard InChI is InChI=1S/C14H15FN2OS/c1-14(2,3)12(18)17-13-16-11(8-19-13)9-4-6-10(15)7-5-9/h4-8H,1-3H3,(H,16,17,18). The zero-order valence-corrected chi connectivity index (χ0v) is 11.8. The Bertz CT molecular complexity index is 584. The van der Waals surface area contributed by atoms with E-state index in [0.29, 0.717) is 5.13 Å². The quantitative estimate of drug-likeness (QED) is 0.904. The first-order valence-corrected chi connectivity index (χ1v) is 6.77. The van der Waals surface area contributed by atoms with Gasteiger partial charge in [-0.3, -0.25) is 4.79 Å². The predicted octanol–water partition coefficient (Wildman–Crippen LogP) is 3.93. The molecule has 5 heteroatoms. The Morgan fingerprint density at radius 3 is 2.47 bits per heavy atom. The summed E-state index contributed by atoms with van der Waals surface area (Å²) in [6.45, 7) is 5.53. The molecular weight excluding hydrogens is 263 g/mol. The molecule has 3 nitrogen and oxygen atoms in total. The van der Waals surface area contributed by atoms with E-state index in [1.54, 1.807) is 12.1 Å². The number of hydrogen-bond donors (Lipinski definition) is 1. The molecule has 0 unspecified atom stereocenters. The monoisotopic (exact) mass is 278 g/mol. The van der Waals surface area contributed by atoms with E-state index in [2.05, 4.69) is 10.3 Å². The first-order valence-electron chi connectivity index (χ1n) is 5.89. The van der Waals surface area contributed by atoms with Crippen molar-refractivity contribution in [3.8, 4) is 11.3 Å². The molecule has 0 radical (unpaired) electrons. The zero-order chi connectivity index (χ0) is 14.0. The molecule has 0 atom stereocenters. The van der Waals surface area contributed by atoms with E-state index in [9.17, 15) is 9.18 Å². The molecule has 0 aliphatic heterocycles. The first-order chi connectivity index (χ1) is 8.86. The number of carbonyl (C=O) groups excluding carboxylic acids is 1. The van der Waals surface area contributed by atoms with Gasteiger partial charge in [-0.25, -0.2) is 9.37 Å². The van der Waals surface area contributed by atoms with Crippen LogP contribution in [-0.4, -0.2) is 10.9 Å². The molecule has 1 amide bonds. The molecule has 0 aliphatic rings. The van der Waals surface area contributed by atoms with Crippen LogP contribution < -0.4 is 5.32 Å². The minimum absolute atomic E-state index is 0.0764. The Morgan fingerprint density at radius 1 is 1.26 bits per heavy atom. The smallest absolute Gasteiger partial charge is 0.231 e. The zero-order valence-electron chi connectivity index (χ0n) is 11.0. The molecule has 0 spiro atoms. The van der Waals surface area contributed by atoms with Crippen molar-refractivity contribution in [1.82, 2.24) is 4.98 Å². The van der Waals surface area contributed by atoms with Gasteiger partial charge in [0.15, 0.2) is 5.13 Å². The van der Waals surface area contributed by atoms with Crippen LogP contribution in [-0.2, 0) is 4.79 Å². The van der Waals surface area contributed by atoms with Crippen LogP contribution in [0.4, 0.5) is 9.52 Å². The number of rotatable bonds is 2. The molecule has 2 rings (SSSR count).